The maximum atomic E-state index is 12.4. The standard InChI is InChI=1S/C19H21ClN2O3/c1-24-17-4-2-3-14(11-17)19(23)21-16-6-5-15(18(20)12-16)13-22-7-9-25-10-8-22/h2-6,11-12H,7-10,13H2,1H3,(H,21,23). The smallest absolute Gasteiger partial charge is 0.255 e. The lowest BCUT2D eigenvalue weighted by molar-refractivity contribution is 0.0342. The molecular formula is C19H21ClN2O3. The van der Waals surface area contributed by atoms with Crippen molar-refractivity contribution in [1.82, 2.24) is 4.90 Å². The topological polar surface area (TPSA) is 50.8 Å². The van der Waals surface area contributed by atoms with Crippen molar-refractivity contribution in [3.05, 3.63) is 58.6 Å². The van der Waals surface area contributed by atoms with E-state index < -0.39 is 0 Å². The molecule has 0 saturated carbocycles. The average molecular weight is 361 g/mol. The maximum absolute atomic E-state index is 12.4. The lowest BCUT2D eigenvalue weighted by Crippen LogP contribution is -2.35. The number of hydrogen-bond donors (Lipinski definition) is 1. The first-order chi connectivity index (χ1) is 12.2. The average Bonchev–Trinajstić information content (AvgIpc) is 2.65. The van der Waals surface area contributed by atoms with Crippen molar-refractivity contribution in [2.75, 3.05) is 38.7 Å². The van der Waals surface area contributed by atoms with Gasteiger partial charge in [-0.25, -0.2) is 0 Å². The third-order valence-corrected chi connectivity index (χ3v) is 4.49. The molecule has 6 heteroatoms. The second-order valence-electron chi connectivity index (χ2n) is 5.88. The Morgan fingerprint density at radius 2 is 2.04 bits per heavy atom. The summed E-state index contributed by atoms with van der Waals surface area (Å²) >= 11 is 6.40. The molecular weight excluding hydrogens is 340 g/mol. The summed E-state index contributed by atoms with van der Waals surface area (Å²) in [5, 5.41) is 3.52. The number of ether oxygens (including phenoxy) is 2. The molecule has 0 bridgehead atoms. The Morgan fingerprint density at radius 3 is 2.76 bits per heavy atom. The number of halogens is 1. The number of morpholine rings is 1. The number of rotatable bonds is 5. The minimum atomic E-state index is -0.198. The molecule has 1 saturated heterocycles. The number of hydrogen-bond acceptors (Lipinski definition) is 4. The minimum Gasteiger partial charge on any atom is -0.497 e. The molecule has 0 atom stereocenters. The summed E-state index contributed by atoms with van der Waals surface area (Å²) in [6, 6.07) is 12.6. The summed E-state index contributed by atoms with van der Waals surface area (Å²) in [6.07, 6.45) is 0. The molecule has 3 rings (SSSR count). The van der Waals surface area contributed by atoms with Gasteiger partial charge < -0.3 is 14.8 Å². The number of carbonyl (C=O) groups excluding carboxylic acids is 1. The Hall–Kier alpha value is -2.08. The second-order valence-corrected chi connectivity index (χ2v) is 6.29. The third-order valence-electron chi connectivity index (χ3n) is 4.14. The summed E-state index contributed by atoms with van der Waals surface area (Å²) in [6.45, 7) is 4.11. The van der Waals surface area contributed by atoms with Gasteiger partial charge in [-0.15, -0.1) is 0 Å². The van der Waals surface area contributed by atoms with Crippen LogP contribution < -0.4 is 10.1 Å². The fourth-order valence-corrected chi connectivity index (χ4v) is 2.96. The highest BCUT2D eigenvalue weighted by Crippen LogP contribution is 2.23. The van der Waals surface area contributed by atoms with Crippen LogP contribution >= 0.6 is 11.6 Å². The number of anilines is 1. The molecule has 1 aliphatic rings. The second kappa shape index (κ2) is 8.34. The zero-order valence-electron chi connectivity index (χ0n) is 14.1. The van der Waals surface area contributed by atoms with Crippen molar-refractivity contribution < 1.29 is 14.3 Å². The van der Waals surface area contributed by atoms with E-state index in [1.54, 1.807) is 37.4 Å². The molecule has 1 N–H and O–H groups in total. The predicted molar refractivity (Wildman–Crippen MR) is 98.5 cm³/mol. The van der Waals surface area contributed by atoms with Gasteiger partial charge in [0.2, 0.25) is 0 Å². The lowest BCUT2D eigenvalue weighted by Gasteiger charge is -2.27. The number of methoxy groups -OCH3 is 1. The highest BCUT2D eigenvalue weighted by molar-refractivity contribution is 6.31. The summed E-state index contributed by atoms with van der Waals surface area (Å²) in [4.78, 5) is 14.7. The van der Waals surface area contributed by atoms with Gasteiger partial charge in [-0.05, 0) is 35.9 Å². The highest BCUT2D eigenvalue weighted by atomic mass is 35.5. The third kappa shape index (κ3) is 4.72. The van der Waals surface area contributed by atoms with E-state index in [2.05, 4.69) is 10.2 Å². The molecule has 5 nitrogen and oxygen atoms in total. The molecule has 0 aliphatic carbocycles. The van der Waals surface area contributed by atoms with Crippen molar-refractivity contribution in [2.45, 2.75) is 6.54 Å². The summed E-state index contributed by atoms with van der Waals surface area (Å²) < 4.78 is 10.5. The Labute approximate surface area is 152 Å². The van der Waals surface area contributed by atoms with Crippen LogP contribution in [0.2, 0.25) is 5.02 Å². The normalized spacial score (nSPS) is 15.0. The van der Waals surface area contributed by atoms with Gasteiger partial charge in [0, 0.05) is 35.9 Å². The Kier molecular flexibility index (Phi) is 5.91. The Balaban J connectivity index is 1.66. The van der Waals surface area contributed by atoms with Crippen molar-refractivity contribution in [3.63, 3.8) is 0 Å². The van der Waals surface area contributed by atoms with Crippen LogP contribution in [0.5, 0.6) is 5.75 Å². The van der Waals surface area contributed by atoms with Crippen LogP contribution in [0.4, 0.5) is 5.69 Å². The van der Waals surface area contributed by atoms with Crippen LogP contribution in [-0.2, 0) is 11.3 Å². The van der Waals surface area contributed by atoms with Crippen molar-refractivity contribution in [1.29, 1.82) is 0 Å². The Bertz CT molecular complexity index is 745. The van der Waals surface area contributed by atoms with E-state index in [1.807, 2.05) is 12.1 Å². The van der Waals surface area contributed by atoms with E-state index in [1.165, 1.54) is 0 Å². The minimum absolute atomic E-state index is 0.198. The number of nitrogens with zero attached hydrogens (tertiary/aromatic N) is 1. The van der Waals surface area contributed by atoms with Gasteiger partial charge in [0.15, 0.2) is 0 Å². The van der Waals surface area contributed by atoms with Gasteiger partial charge in [-0.2, -0.15) is 0 Å². The molecule has 2 aromatic carbocycles. The van der Waals surface area contributed by atoms with Crippen LogP contribution in [0.25, 0.3) is 0 Å². The van der Waals surface area contributed by atoms with E-state index in [0.717, 1.165) is 38.4 Å². The molecule has 0 unspecified atom stereocenters. The SMILES string of the molecule is COc1cccc(C(=O)Nc2ccc(CN3CCOCC3)c(Cl)c2)c1. The number of nitrogens with one attached hydrogen (secondary N) is 1. The van der Waals surface area contributed by atoms with Crippen molar-refractivity contribution in [2.24, 2.45) is 0 Å². The summed E-state index contributed by atoms with van der Waals surface area (Å²) in [5.41, 5.74) is 2.25. The fourth-order valence-electron chi connectivity index (χ4n) is 2.72. The van der Waals surface area contributed by atoms with E-state index in [0.29, 0.717) is 22.0 Å². The summed E-state index contributed by atoms with van der Waals surface area (Å²) in [7, 11) is 1.57. The number of benzene rings is 2. The largest absolute Gasteiger partial charge is 0.497 e. The molecule has 25 heavy (non-hydrogen) atoms. The van der Waals surface area contributed by atoms with Gasteiger partial charge in [-0.3, -0.25) is 9.69 Å². The first-order valence-electron chi connectivity index (χ1n) is 8.19. The van der Waals surface area contributed by atoms with E-state index >= 15 is 0 Å². The highest BCUT2D eigenvalue weighted by Gasteiger charge is 2.13. The predicted octanol–water partition coefficient (Wildman–Crippen LogP) is 3.43. The molecule has 1 heterocycles. The van der Waals surface area contributed by atoms with E-state index in [-0.39, 0.29) is 5.91 Å². The molecule has 2 aromatic rings. The van der Waals surface area contributed by atoms with Crippen LogP contribution in [-0.4, -0.2) is 44.2 Å². The maximum Gasteiger partial charge on any atom is 0.255 e. The quantitative estimate of drug-likeness (QED) is 0.887. The monoisotopic (exact) mass is 360 g/mol. The summed E-state index contributed by atoms with van der Waals surface area (Å²) in [5.74, 6) is 0.447. The van der Waals surface area contributed by atoms with Gasteiger partial charge >= 0.3 is 0 Å². The fraction of sp³-hybridized carbons (Fsp3) is 0.316. The molecule has 1 aliphatic heterocycles. The van der Waals surface area contributed by atoms with Crippen molar-refractivity contribution >= 4 is 23.2 Å². The lowest BCUT2D eigenvalue weighted by atomic mass is 10.1. The Morgan fingerprint density at radius 1 is 1.24 bits per heavy atom. The number of carbonyl (C=O) groups is 1. The van der Waals surface area contributed by atoms with Crippen molar-refractivity contribution in [3.8, 4) is 5.75 Å². The van der Waals surface area contributed by atoms with E-state index in [9.17, 15) is 4.79 Å². The molecule has 0 aromatic heterocycles. The van der Waals surface area contributed by atoms with Crippen LogP contribution in [0.15, 0.2) is 42.5 Å². The van der Waals surface area contributed by atoms with Gasteiger partial charge in [-0.1, -0.05) is 23.7 Å². The molecule has 132 valence electrons. The first kappa shape index (κ1) is 17.7. The van der Waals surface area contributed by atoms with E-state index in [4.69, 9.17) is 21.1 Å². The van der Waals surface area contributed by atoms with Gasteiger partial charge in [0.25, 0.3) is 5.91 Å². The molecule has 0 radical (unpaired) electrons. The van der Waals surface area contributed by atoms with Gasteiger partial charge in [0.05, 0.1) is 20.3 Å². The first-order valence-corrected chi connectivity index (χ1v) is 8.57. The molecule has 1 fully saturated rings. The zero-order chi connectivity index (χ0) is 17.6. The molecule has 1 amide bonds. The van der Waals surface area contributed by atoms with Crippen LogP contribution in [0.1, 0.15) is 15.9 Å². The van der Waals surface area contributed by atoms with Gasteiger partial charge in [0.1, 0.15) is 5.75 Å². The van der Waals surface area contributed by atoms with Crippen LogP contribution in [0, 0.1) is 0 Å². The number of amides is 1. The van der Waals surface area contributed by atoms with Crippen LogP contribution in [0.3, 0.4) is 0 Å². The zero-order valence-corrected chi connectivity index (χ0v) is 14.9. The molecule has 0 spiro atoms.